The van der Waals surface area contributed by atoms with Crippen LogP contribution in [0.4, 0.5) is 5.69 Å². The highest BCUT2D eigenvalue weighted by atomic mass is 35.5. The van der Waals surface area contributed by atoms with Crippen LogP contribution in [-0.4, -0.2) is 67.5 Å². The first-order chi connectivity index (χ1) is 13.5. The summed E-state index contributed by atoms with van der Waals surface area (Å²) in [6.45, 7) is 0.359. The van der Waals surface area contributed by atoms with Gasteiger partial charge in [0.25, 0.3) is 5.91 Å². The van der Waals surface area contributed by atoms with Gasteiger partial charge in [-0.1, -0.05) is 17.7 Å². The maximum absolute atomic E-state index is 12.7. The summed E-state index contributed by atoms with van der Waals surface area (Å²) < 4.78 is 10.2. The minimum Gasteiger partial charge on any atom is -0.459 e. The normalized spacial score (nSPS) is 13.9. The molecular weight excluding hydrogens is 386 g/mol. The Morgan fingerprint density at radius 3 is 2.79 bits per heavy atom. The Balaban J connectivity index is 1.68. The topological polar surface area (TPSA) is 83.3 Å². The molecule has 1 aliphatic heterocycles. The minimum absolute atomic E-state index is 0.0571. The van der Waals surface area contributed by atoms with E-state index in [1.807, 2.05) is 0 Å². The summed E-state index contributed by atoms with van der Waals surface area (Å²) in [7, 11) is 1.51. The second-order valence-corrected chi connectivity index (χ2v) is 6.67. The van der Waals surface area contributed by atoms with Crippen molar-refractivity contribution in [3.05, 3.63) is 53.4 Å². The van der Waals surface area contributed by atoms with Gasteiger partial charge in [0.15, 0.2) is 5.76 Å². The van der Waals surface area contributed by atoms with Crippen molar-refractivity contribution in [2.75, 3.05) is 44.9 Å². The van der Waals surface area contributed by atoms with E-state index in [1.165, 1.54) is 34.1 Å². The summed E-state index contributed by atoms with van der Waals surface area (Å²) >= 11 is 5.99. The fourth-order valence-corrected chi connectivity index (χ4v) is 3.04. The molecule has 1 saturated heterocycles. The number of anilines is 1. The molecule has 148 valence electrons. The molecule has 0 saturated carbocycles. The van der Waals surface area contributed by atoms with Crippen LogP contribution in [0, 0.1) is 0 Å². The lowest BCUT2D eigenvalue weighted by atomic mass is 10.3. The lowest BCUT2D eigenvalue weighted by Crippen LogP contribution is -2.43. The van der Waals surface area contributed by atoms with Gasteiger partial charge in [0.05, 0.1) is 12.9 Å². The van der Waals surface area contributed by atoms with Gasteiger partial charge in [0.1, 0.15) is 19.8 Å². The third-order valence-electron chi connectivity index (χ3n) is 4.32. The third kappa shape index (κ3) is 4.52. The first-order valence-corrected chi connectivity index (χ1v) is 9.03. The van der Waals surface area contributed by atoms with Crippen LogP contribution in [0.2, 0.25) is 5.02 Å². The minimum atomic E-state index is -0.410. The van der Waals surface area contributed by atoms with Gasteiger partial charge in [0, 0.05) is 24.4 Å². The Morgan fingerprint density at radius 2 is 2.11 bits per heavy atom. The summed E-state index contributed by atoms with van der Waals surface area (Å²) in [6, 6.07) is 10.0. The Labute approximate surface area is 167 Å². The predicted octanol–water partition coefficient (Wildman–Crippen LogP) is 1.85. The molecule has 3 rings (SSSR count). The van der Waals surface area contributed by atoms with Gasteiger partial charge in [-0.05, 0) is 30.3 Å². The van der Waals surface area contributed by atoms with Crippen molar-refractivity contribution in [3.8, 4) is 0 Å². The molecule has 2 aromatic rings. The quantitative estimate of drug-likeness (QED) is 0.702. The molecule has 0 aliphatic carbocycles. The number of benzene rings is 1. The number of halogens is 1. The Bertz CT molecular complexity index is 855. The molecular formula is C19H20ClN3O5. The highest BCUT2D eigenvalue weighted by Crippen LogP contribution is 2.23. The molecule has 0 bridgehead atoms. The number of amides is 3. The summed E-state index contributed by atoms with van der Waals surface area (Å²) in [6.07, 6.45) is 1.39. The van der Waals surface area contributed by atoms with E-state index < -0.39 is 5.91 Å². The molecule has 1 fully saturated rings. The largest absolute Gasteiger partial charge is 0.459 e. The van der Waals surface area contributed by atoms with Crippen molar-refractivity contribution >= 4 is 35.0 Å². The lowest BCUT2D eigenvalue weighted by molar-refractivity contribution is -0.132. The van der Waals surface area contributed by atoms with E-state index in [0.29, 0.717) is 10.7 Å². The number of hydrogen-bond acceptors (Lipinski definition) is 5. The average Bonchev–Trinajstić information content (AvgIpc) is 3.34. The number of furan rings is 1. The smallest absolute Gasteiger partial charge is 0.290 e. The number of rotatable bonds is 7. The standard InChI is InChI=1S/C19H20ClN3O5/c1-27-9-7-21(19(26)16-6-3-8-28-16)11-17(24)22-12-18(25)23(13-22)15-5-2-4-14(20)10-15/h2-6,8,10H,7,9,11-13H2,1H3. The average molecular weight is 406 g/mol. The van der Waals surface area contributed by atoms with Crippen molar-refractivity contribution in [2.45, 2.75) is 0 Å². The van der Waals surface area contributed by atoms with Gasteiger partial charge >= 0.3 is 0 Å². The van der Waals surface area contributed by atoms with Gasteiger partial charge in [-0.2, -0.15) is 0 Å². The van der Waals surface area contributed by atoms with Crippen molar-refractivity contribution < 1.29 is 23.5 Å². The molecule has 9 heteroatoms. The third-order valence-corrected chi connectivity index (χ3v) is 4.56. The summed E-state index contributed by atoms with van der Waals surface area (Å²) in [5.74, 6) is -0.820. The maximum atomic E-state index is 12.7. The fourth-order valence-electron chi connectivity index (χ4n) is 2.86. The zero-order chi connectivity index (χ0) is 20.1. The lowest BCUT2D eigenvalue weighted by Gasteiger charge is -2.24. The second kappa shape index (κ2) is 8.90. The molecule has 3 amide bonds. The monoisotopic (exact) mass is 405 g/mol. The van der Waals surface area contributed by atoms with E-state index in [0.717, 1.165) is 0 Å². The van der Waals surface area contributed by atoms with E-state index in [2.05, 4.69) is 0 Å². The molecule has 0 atom stereocenters. The molecule has 2 heterocycles. The van der Waals surface area contributed by atoms with Gasteiger partial charge in [-0.15, -0.1) is 0 Å². The van der Waals surface area contributed by atoms with Crippen LogP contribution in [0.5, 0.6) is 0 Å². The van der Waals surface area contributed by atoms with Crippen LogP contribution in [-0.2, 0) is 14.3 Å². The first-order valence-electron chi connectivity index (χ1n) is 8.65. The van der Waals surface area contributed by atoms with Gasteiger partial charge < -0.3 is 19.0 Å². The maximum Gasteiger partial charge on any atom is 0.290 e. The molecule has 0 N–H and O–H groups in total. The van der Waals surface area contributed by atoms with Crippen molar-refractivity contribution in [1.82, 2.24) is 9.80 Å². The van der Waals surface area contributed by atoms with E-state index >= 15 is 0 Å². The van der Waals surface area contributed by atoms with Crippen LogP contribution in [0.15, 0.2) is 47.1 Å². The van der Waals surface area contributed by atoms with Crippen LogP contribution in [0.1, 0.15) is 10.6 Å². The number of carbonyl (C=O) groups excluding carboxylic acids is 3. The van der Waals surface area contributed by atoms with E-state index in [4.69, 9.17) is 20.8 Å². The van der Waals surface area contributed by atoms with Crippen molar-refractivity contribution in [2.24, 2.45) is 0 Å². The van der Waals surface area contributed by atoms with Gasteiger partial charge in [-0.3, -0.25) is 19.3 Å². The zero-order valence-corrected chi connectivity index (χ0v) is 16.1. The molecule has 0 spiro atoms. The van der Waals surface area contributed by atoms with Crippen LogP contribution < -0.4 is 4.90 Å². The van der Waals surface area contributed by atoms with E-state index in [-0.39, 0.29) is 50.5 Å². The molecule has 8 nitrogen and oxygen atoms in total. The fraction of sp³-hybridized carbons (Fsp3) is 0.316. The number of nitrogens with zero attached hydrogens (tertiary/aromatic N) is 3. The SMILES string of the molecule is COCCN(CC(=O)N1CC(=O)N(c2cccc(Cl)c2)C1)C(=O)c1ccco1. The molecule has 0 unspecified atom stereocenters. The zero-order valence-electron chi connectivity index (χ0n) is 15.3. The number of methoxy groups -OCH3 is 1. The number of ether oxygens (including phenoxy) is 1. The van der Waals surface area contributed by atoms with Crippen LogP contribution in [0.3, 0.4) is 0 Å². The number of hydrogen-bond donors (Lipinski definition) is 0. The summed E-state index contributed by atoms with van der Waals surface area (Å²) in [5.41, 5.74) is 0.621. The number of carbonyl (C=O) groups is 3. The highest BCUT2D eigenvalue weighted by molar-refractivity contribution is 6.31. The molecule has 1 aromatic heterocycles. The predicted molar refractivity (Wildman–Crippen MR) is 102 cm³/mol. The molecule has 28 heavy (non-hydrogen) atoms. The van der Waals surface area contributed by atoms with E-state index in [9.17, 15) is 14.4 Å². The first kappa shape index (κ1) is 19.9. The van der Waals surface area contributed by atoms with E-state index in [1.54, 1.807) is 30.3 Å². The Hall–Kier alpha value is -2.84. The highest BCUT2D eigenvalue weighted by Gasteiger charge is 2.33. The molecule has 1 aromatic carbocycles. The van der Waals surface area contributed by atoms with Gasteiger partial charge in [-0.25, -0.2) is 0 Å². The Kier molecular flexibility index (Phi) is 6.33. The molecule has 1 aliphatic rings. The van der Waals surface area contributed by atoms with Crippen LogP contribution in [0.25, 0.3) is 0 Å². The van der Waals surface area contributed by atoms with Crippen molar-refractivity contribution in [1.29, 1.82) is 0 Å². The second-order valence-electron chi connectivity index (χ2n) is 6.23. The summed E-state index contributed by atoms with van der Waals surface area (Å²) in [5, 5.41) is 0.505. The van der Waals surface area contributed by atoms with Crippen LogP contribution >= 0.6 is 11.6 Å². The van der Waals surface area contributed by atoms with Crippen molar-refractivity contribution in [3.63, 3.8) is 0 Å². The van der Waals surface area contributed by atoms with Gasteiger partial charge in [0.2, 0.25) is 11.8 Å². The molecule has 0 radical (unpaired) electrons. The summed E-state index contributed by atoms with van der Waals surface area (Å²) in [4.78, 5) is 41.9. The Morgan fingerprint density at radius 1 is 1.29 bits per heavy atom.